The van der Waals surface area contributed by atoms with Crippen molar-refractivity contribution in [3.05, 3.63) is 24.3 Å². The Morgan fingerprint density at radius 3 is 2.42 bits per heavy atom. The fraction of sp³-hybridized carbons (Fsp3) is 0.600. The molecule has 4 heterocycles. The first-order valence-electron chi connectivity index (χ1n) is 14.6. The van der Waals surface area contributed by atoms with E-state index < -0.39 is 23.9 Å². The van der Waals surface area contributed by atoms with E-state index in [1.807, 2.05) is 79.8 Å². The highest BCUT2D eigenvalue weighted by Gasteiger charge is 2.51. The largest absolute Gasteiger partial charge is 0.494 e. The molecule has 0 unspecified atom stereocenters. The van der Waals surface area contributed by atoms with E-state index in [2.05, 4.69) is 15.1 Å². The minimum Gasteiger partial charge on any atom is -0.467 e. The molecule has 0 bridgehead atoms. The minimum absolute atomic E-state index is 0.0811. The average Bonchev–Trinajstić information content (AvgIpc) is 3.46. The third-order valence-electron chi connectivity index (χ3n) is 8.25. The number of rotatable bonds is 7. The second-order valence-electron chi connectivity index (χ2n) is 13.1. The fourth-order valence-corrected chi connectivity index (χ4v) is 6.02. The lowest BCUT2D eigenvalue weighted by Gasteiger charge is -2.37. The second-order valence-corrected chi connectivity index (χ2v) is 14.1. The van der Waals surface area contributed by atoms with Crippen LogP contribution in [0, 0.1) is 0 Å². The summed E-state index contributed by atoms with van der Waals surface area (Å²) in [4.78, 5) is 21.2. The number of piperidine rings is 1. The number of amides is 1. The number of ether oxygens (including phenoxy) is 3. The molecule has 43 heavy (non-hydrogen) atoms. The maximum absolute atomic E-state index is 12.5. The molecule has 2 aliphatic heterocycles. The summed E-state index contributed by atoms with van der Waals surface area (Å²) in [6.07, 6.45) is 1.41. The molecule has 0 radical (unpaired) electrons. The Hall–Kier alpha value is -3.00. The molecule has 2 fully saturated rings. The van der Waals surface area contributed by atoms with Crippen molar-refractivity contribution in [1.29, 1.82) is 0 Å². The van der Waals surface area contributed by atoms with Crippen LogP contribution in [0.25, 0.3) is 21.6 Å². The summed E-state index contributed by atoms with van der Waals surface area (Å²) < 4.78 is 30.1. The molecule has 13 heteroatoms. The zero-order valence-corrected chi connectivity index (χ0v) is 27.4. The first-order valence-corrected chi connectivity index (χ1v) is 15.5. The molecule has 2 aromatic heterocycles. The molecule has 2 aliphatic rings. The van der Waals surface area contributed by atoms with Crippen LogP contribution in [0.2, 0.25) is 0 Å². The maximum atomic E-state index is 12.5. The van der Waals surface area contributed by atoms with Gasteiger partial charge in [0.05, 0.1) is 21.6 Å². The number of hydrogen-bond donors (Lipinski definition) is 0. The molecule has 0 spiro atoms. The second kappa shape index (κ2) is 11.8. The molecule has 0 atom stereocenters. The Morgan fingerprint density at radius 2 is 1.79 bits per heavy atom. The van der Waals surface area contributed by atoms with Crippen molar-refractivity contribution in [2.75, 3.05) is 38.9 Å². The Labute approximate surface area is 258 Å². The fourth-order valence-electron chi connectivity index (χ4n) is 5.05. The Morgan fingerprint density at radius 1 is 1.12 bits per heavy atom. The monoisotopic (exact) mass is 611 g/mol. The van der Waals surface area contributed by atoms with Gasteiger partial charge in [-0.3, -0.25) is 0 Å². The van der Waals surface area contributed by atoms with Gasteiger partial charge in [-0.25, -0.2) is 4.79 Å². The Bertz CT molecular complexity index is 1450. The van der Waals surface area contributed by atoms with Crippen LogP contribution in [0.4, 0.5) is 9.93 Å². The molecule has 5 rings (SSSR count). The number of methoxy groups -OCH3 is 1. The molecule has 1 aromatic carbocycles. The number of carbonyl (C=O) groups excluding carboxylic acids is 1. The summed E-state index contributed by atoms with van der Waals surface area (Å²) >= 11 is 1.57. The molecule has 0 N–H and O–H groups in total. The van der Waals surface area contributed by atoms with E-state index in [4.69, 9.17) is 28.5 Å². The van der Waals surface area contributed by atoms with Gasteiger partial charge in [0.2, 0.25) is 0 Å². The lowest BCUT2D eigenvalue weighted by Crippen LogP contribution is -2.47. The number of aromatic nitrogens is 3. The summed E-state index contributed by atoms with van der Waals surface area (Å²) in [5.41, 5.74) is 1.49. The number of thiazole rings is 1. The van der Waals surface area contributed by atoms with Crippen LogP contribution in [0.1, 0.15) is 61.3 Å². The number of nitrogens with zero attached hydrogens (tertiary/aromatic N) is 5. The zero-order chi connectivity index (χ0) is 31.2. The topological polar surface area (TPSA) is 108 Å². The number of anilines is 1. The predicted molar refractivity (Wildman–Crippen MR) is 168 cm³/mol. The van der Waals surface area contributed by atoms with Crippen LogP contribution in [0.5, 0.6) is 5.75 Å². The highest BCUT2D eigenvalue weighted by molar-refractivity contribution is 7.22. The molecular weight excluding hydrogens is 569 g/mol. The number of carbonyl (C=O) groups is 1. The van der Waals surface area contributed by atoms with Gasteiger partial charge in [0, 0.05) is 38.9 Å². The smallest absolute Gasteiger partial charge is 0.467 e. The van der Waals surface area contributed by atoms with Gasteiger partial charge < -0.3 is 33.3 Å². The first kappa shape index (κ1) is 31.4. The third-order valence-corrected chi connectivity index (χ3v) is 9.33. The van der Waals surface area contributed by atoms with Gasteiger partial charge in [0.1, 0.15) is 11.4 Å². The molecule has 11 nitrogen and oxygen atoms in total. The summed E-state index contributed by atoms with van der Waals surface area (Å²) in [7, 11) is 3.11. The predicted octanol–water partition coefficient (Wildman–Crippen LogP) is 4.87. The average molecular weight is 612 g/mol. The van der Waals surface area contributed by atoms with Gasteiger partial charge in [0.25, 0.3) is 0 Å². The molecule has 0 saturated carbocycles. The van der Waals surface area contributed by atoms with E-state index in [1.54, 1.807) is 23.3 Å². The minimum atomic E-state index is -0.520. The molecular formula is C30H42BN5O6S. The molecule has 3 aromatic rings. The molecule has 2 saturated heterocycles. The van der Waals surface area contributed by atoms with Crippen LogP contribution in [0.3, 0.4) is 0 Å². The van der Waals surface area contributed by atoms with Crippen molar-refractivity contribution >= 4 is 45.5 Å². The van der Waals surface area contributed by atoms with Crippen LogP contribution in [0.15, 0.2) is 24.3 Å². The third kappa shape index (κ3) is 6.74. The number of fused-ring (bicyclic) bond motifs is 1. The van der Waals surface area contributed by atoms with Crippen molar-refractivity contribution in [2.24, 2.45) is 0 Å². The Balaban J connectivity index is 1.33. The van der Waals surface area contributed by atoms with E-state index in [9.17, 15) is 4.79 Å². The lowest BCUT2D eigenvalue weighted by molar-refractivity contribution is 0.00578. The van der Waals surface area contributed by atoms with Crippen molar-refractivity contribution in [2.45, 2.75) is 84.2 Å². The van der Waals surface area contributed by atoms with Crippen LogP contribution in [-0.4, -0.2) is 90.2 Å². The summed E-state index contributed by atoms with van der Waals surface area (Å²) in [6, 6.07) is 8.08. The number of likely N-dealkylation sites (tertiary alicyclic amines) is 1. The quantitative estimate of drug-likeness (QED) is 0.271. The van der Waals surface area contributed by atoms with Gasteiger partial charge >= 0.3 is 13.2 Å². The maximum Gasteiger partial charge on any atom is 0.494 e. The van der Waals surface area contributed by atoms with Gasteiger partial charge in [-0.1, -0.05) is 17.4 Å². The molecule has 232 valence electrons. The summed E-state index contributed by atoms with van der Waals surface area (Å²) in [5.74, 6) is 0.598. The van der Waals surface area contributed by atoms with Gasteiger partial charge in [-0.05, 0) is 85.0 Å². The Kier molecular flexibility index (Phi) is 8.65. The highest BCUT2D eigenvalue weighted by Crippen LogP contribution is 2.38. The van der Waals surface area contributed by atoms with Crippen molar-refractivity contribution in [1.82, 2.24) is 20.1 Å². The highest BCUT2D eigenvalue weighted by atomic mass is 32.1. The van der Waals surface area contributed by atoms with Gasteiger partial charge in [0.15, 0.2) is 17.6 Å². The van der Waals surface area contributed by atoms with E-state index in [0.717, 1.165) is 33.7 Å². The van der Waals surface area contributed by atoms with E-state index in [0.29, 0.717) is 30.2 Å². The summed E-state index contributed by atoms with van der Waals surface area (Å²) in [6.45, 7) is 15.1. The molecule has 1 amide bonds. The van der Waals surface area contributed by atoms with E-state index in [1.165, 1.54) is 0 Å². The van der Waals surface area contributed by atoms with E-state index in [-0.39, 0.29) is 18.9 Å². The normalized spacial score (nSPS) is 18.7. The zero-order valence-electron chi connectivity index (χ0n) is 26.6. The SMILES string of the molecule is COCOc1cc(B2OC(C)(C)C(C)(C)O2)ccc1-c1cc2sc(N(C)C3CCN(C(=O)OC(C)(C)C)CC3)nc2nn1. The van der Waals surface area contributed by atoms with Crippen molar-refractivity contribution in [3.63, 3.8) is 0 Å². The number of benzene rings is 1. The standard InChI is InChI=1S/C30H42BN5O6S/c1-28(2,3)40-27(37)36-14-12-20(13-15-36)35(8)26-32-25-24(43-26)17-22(33-34-25)21-11-10-19(16-23(21)39-18-38-9)31-41-29(4,5)30(6,7)42-31/h10-11,16-17,20H,12-15,18H2,1-9H3. The van der Waals surface area contributed by atoms with Crippen LogP contribution in [-0.2, 0) is 18.8 Å². The molecule has 0 aliphatic carbocycles. The van der Waals surface area contributed by atoms with Crippen molar-refractivity contribution in [3.8, 4) is 17.0 Å². The van der Waals surface area contributed by atoms with Crippen LogP contribution < -0.4 is 15.1 Å². The van der Waals surface area contributed by atoms with Gasteiger partial charge in [-0.15, -0.1) is 10.2 Å². The van der Waals surface area contributed by atoms with Crippen LogP contribution >= 0.6 is 11.3 Å². The van der Waals surface area contributed by atoms with Crippen molar-refractivity contribution < 1.29 is 28.3 Å². The lowest BCUT2D eigenvalue weighted by atomic mass is 9.78. The number of hydrogen-bond acceptors (Lipinski definition) is 11. The van der Waals surface area contributed by atoms with Gasteiger partial charge in [-0.2, -0.15) is 4.98 Å². The summed E-state index contributed by atoms with van der Waals surface area (Å²) in [5, 5.41) is 9.81. The first-order chi connectivity index (χ1) is 20.2. The van der Waals surface area contributed by atoms with E-state index >= 15 is 0 Å².